The number of halogens is 3. The molecule has 1 aromatic carbocycles. The van der Waals surface area contributed by atoms with Crippen LogP contribution in [0.4, 0.5) is 18.9 Å². The summed E-state index contributed by atoms with van der Waals surface area (Å²) in [5.41, 5.74) is 1.95. The molecular formula is C27H29F3N4O4S3. The van der Waals surface area contributed by atoms with Crippen molar-refractivity contribution in [3.05, 3.63) is 52.9 Å². The van der Waals surface area contributed by atoms with Crippen molar-refractivity contribution in [3.63, 3.8) is 0 Å². The molecule has 220 valence electrons. The number of anilines is 1. The van der Waals surface area contributed by atoms with Crippen LogP contribution in [-0.2, 0) is 26.1 Å². The van der Waals surface area contributed by atoms with E-state index >= 15 is 0 Å². The van der Waals surface area contributed by atoms with Gasteiger partial charge >= 0.3 is 12.1 Å². The number of carbonyl (C=O) groups is 1. The second-order valence-electron chi connectivity index (χ2n) is 10.1. The van der Waals surface area contributed by atoms with Crippen LogP contribution in [0.5, 0.6) is 0 Å². The Kier molecular flexibility index (Phi) is 8.46. The number of sulfonamides is 1. The van der Waals surface area contributed by atoms with Crippen molar-refractivity contribution in [2.45, 2.75) is 62.1 Å². The van der Waals surface area contributed by atoms with E-state index in [9.17, 15) is 26.4 Å². The van der Waals surface area contributed by atoms with Gasteiger partial charge in [-0.2, -0.15) is 13.2 Å². The van der Waals surface area contributed by atoms with E-state index in [4.69, 9.17) is 0 Å². The quantitative estimate of drug-likeness (QED) is 0.216. The van der Waals surface area contributed by atoms with Gasteiger partial charge in [0.15, 0.2) is 0 Å². The van der Waals surface area contributed by atoms with Crippen LogP contribution < -0.4 is 4.31 Å². The molecule has 1 unspecified atom stereocenters. The lowest BCUT2D eigenvalue weighted by molar-refractivity contribution is -0.201. The Morgan fingerprint density at radius 2 is 2.05 bits per heavy atom. The summed E-state index contributed by atoms with van der Waals surface area (Å²) in [5, 5.41) is 3.28. The van der Waals surface area contributed by atoms with Gasteiger partial charge in [-0.1, -0.05) is 24.6 Å². The van der Waals surface area contributed by atoms with Crippen LogP contribution >= 0.6 is 22.7 Å². The number of thiazole rings is 1. The molecular weight excluding hydrogens is 598 g/mol. The minimum Gasteiger partial charge on any atom is -0.457 e. The van der Waals surface area contributed by atoms with Crippen molar-refractivity contribution in [3.8, 4) is 10.7 Å². The summed E-state index contributed by atoms with van der Waals surface area (Å²) in [6.07, 6.45) is -0.873. The number of aromatic amines is 1. The van der Waals surface area contributed by atoms with Gasteiger partial charge in [-0.3, -0.25) is 9.21 Å². The number of benzene rings is 1. The molecule has 3 aromatic heterocycles. The first-order valence-electron chi connectivity index (χ1n) is 13.1. The van der Waals surface area contributed by atoms with Gasteiger partial charge in [0, 0.05) is 35.1 Å². The molecule has 8 nitrogen and oxygen atoms in total. The van der Waals surface area contributed by atoms with Crippen LogP contribution in [0.3, 0.4) is 0 Å². The number of alkyl halides is 3. The summed E-state index contributed by atoms with van der Waals surface area (Å²) in [6.45, 7) is 4.51. The van der Waals surface area contributed by atoms with Gasteiger partial charge in [0.2, 0.25) is 0 Å². The van der Waals surface area contributed by atoms with Gasteiger partial charge in [0.25, 0.3) is 10.0 Å². The number of likely N-dealkylation sites (tertiary alicyclic amines) is 1. The summed E-state index contributed by atoms with van der Waals surface area (Å²) in [4.78, 5) is 22.1. The van der Waals surface area contributed by atoms with Crippen molar-refractivity contribution in [2.75, 3.05) is 17.5 Å². The second-order valence-corrected chi connectivity index (χ2v) is 14.2. The Morgan fingerprint density at radius 1 is 1.24 bits per heavy atom. The third-order valence-electron chi connectivity index (χ3n) is 6.88. The number of esters is 1. The van der Waals surface area contributed by atoms with Crippen LogP contribution in [-0.4, -0.2) is 60.7 Å². The molecule has 0 radical (unpaired) electrons. The van der Waals surface area contributed by atoms with Crippen LogP contribution in [0.15, 0.2) is 52.2 Å². The number of hydrogen-bond acceptors (Lipinski definition) is 8. The van der Waals surface area contributed by atoms with E-state index in [1.807, 2.05) is 36.9 Å². The molecule has 14 heteroatoms. The first-order valence-corrected chi connectivity index (χ1v) is 16.2. The Hall–Kier alpha value is -2.94. The first kappa shape index (κ1) is 29.5. The van der Waals surface area contributed by atoms with Crippen LogP contribution in [0.2, 0.25) is 0 Å². The maximum atomic E-state index is 13.5. The zero-order chi connectivity index (χ0) is 29.4. The molecule has 0 spiro atoms. The molecule has 0 saturated carbocycles. The lowest BCUT2D eigenvalue weighted by Crippen LogP contribution is -2.43. The number of nitrogens with one attached hydrogen (secondary N) is 1. The Bertz CT molecular complexity index is 1610. The number of aromatic nitrogens is 2. The predicted molar refractivity (Wildman–Crippen MR) is 154 cm³/mol. The first-order chi connectivity index (χ1) is 19.4. The number of nitrogens with zero attached hydrogens (tertiary/aromatic N) is 3. The van der Waals surface area contributed by atoms with Gasteiger partial charge in [0.1, 0.15) is 15.8 Å². The number of hydrogen-bond donors (Lipinski definition) is 1. The molecule has 0 aliphatic carbocycles. The Balaban J connectivity index is 1.37. The molecule has 0 amide bonds. The van der Waals surface area contributed by atoms with E-state index in [0.29, 0.717) is 35.7 Å². The molecule has 1 atom stereocenters. The smallest absolute Gasteiger partial charge is 0.457 e. The zero-order valence-electron chi connectivity index (χ0n) is 22.3. The lowest BCUT2D eigenvalue weighted by atomic mass is 10.0. The number of ether oxygens (including phenoxy) is 1. The maximum absolute atomic E-state index is 13.5. The molecule has 5 rings (SSSR count). The highest BCUT2D eigenvalue weighted by Gasteiger charge is 2.41. The summed E-state index contributed by atoms with van der Waals surface area (Å²) < 4.78 is 71.1. The second kappa shape index (κ2) is 11.7. The molecule has 4 heterocycles. The van der Waals surface area contributed by atoms with Crippen LogP contribution in [0.1, 0.15) is 38.0 Å². The number of thiophene rings is 1. The van der Waals surface area contributed by atoms with E-state index in [-0.39, 0.29) is 22.9 Å². The molecule has 4 aromatic rings. The largest absolute Gasteiger partial charge is 0.490 e. The zero-order valence-corrected chi connectivity index (χ0v) is 24.8. The summed E-state index contributed by atoms with van der Waals surface area (Å²) in [7, 11) is -3.77. The van der Waals surface area contributed by atoms with Gasteiger partial charge < -0.3 is 9.72 Å². The molecule has 1 fully saturated rings. The normalized spacial score (nSPS) is 16.9. The van der Waals surface area contributed by atoms with E-state index in [1.165, 1.54) is 27.0 Å². The minimum atomic E-state index is -5.01. The average molecular weight is 627 g/mol. The standard InChI is InChI=1S/C27H29F3N4O4S3/c1-17(2)34(41(36,37)23-10-6-12-39-23)22-9-5-7-18-13-21(32-24(18)22)25-31-14-20(40-25)15-33-11-4-3-8-19(33)16-38-26(35)27(28,29)30/h5-7,9-10,12-14,17,19,32H,3-4,8,11,15-16H2,1-2H3. The van der Waals surface area contributed by atoms with Crippen molar-refractivity contribution in [1.82, 2.24) is 14.9 Å². The average Bonchev–Trinajstić information content (AvgIpc) is 3.68. The van der Waals surface area contributed by atoms with Crippen LogP contribution in [0.25, 0.3) is 21.6 Å². The highest BCUT2D eigenvalue weighted by Crippen LogP contribution is 2.37. The molecule has 1 aliphatic heterocycles. The summed E-state index contributed by atoms with van der Waals surface area (Å²) >= 11 is 2.62. The highest BCUT2D eigenvalue weighted by molar-refractivity contribution is 7.94. The van der Waals surface area contributed by atoms with Crippen molar-refractivity contribution in [1.29, 1.82) is 0 Å². The summed E-state index contributed by atoms with van der Waals surface area (Å²) in [5.74, 6) is -2.17. The fourth-order valence-electron chi connectivity index (χ4n) is 5.05. The number of rotatable bonds is 9. The predicted octanol–water partition coefficient (Wildman–Crippen LogP) is 6.42. The topological polar surface area (TPSA) is 95.6 Å². The van der Waals surface area contributed by atoms with Crippen molar-refractivity contribution >= 4 is 55.3 Å². The third kappa shape index (κ3) is 6.30. The Labute approximate surface area is 243 Å². The number of para-hydroxylation sites is 1. The monoisotopic (exact) mass is 626 g/mol. The minimum absolute atomic E-state index is 0.267. The van der Waals surface area contributed by atoms with E-state index in [1.54, 1.807) is 29.8 Å². The maximum Gasteiger partial charge on any atom is 0.490 e. The van der Waals surface area contributed by atoms with Crippen LogP contribution in [0, 0.1) is 0 Å². The van der Waals surface area contributed by atoms with Gasteiger partial charge in [0.05, 0.1) is 16.9 Å². The number of carbonyl (C=O) groups excluding carboxylic acids is 1. The molecule has 1 saturated heterocycles. The number of fused-ring (bicyclic) bond motifs is 1. The number of H-pyrrole nitrogens is 1. The molecule has 0 bridgehead atoms. The summed E-state index contributed by atoms with van der Waals surface area (Å²) in [6, 6.07) is 10.1. The van der Waals surface area contributed by atoms with Gasteiger partial charge in [-0.15, -0.1) is 22.7 Å². The van der Waals surface area contributed by atoms with E-state index < -0.39 is 22.2 Å². The fourth-order valence-corrected chi connectivity index (χ4v) is 8.71. The lowest BCUT2D eigenvalue weighted by Gasteiger charge is -2.34. The van der Waals surface area contributed by atoms with E-state index in [2.05, 4.69) is 14.7 Å². The number of piperidine rings is 1. The molecule has 1 N–H and O–H groups in total. The SMILES string of the molecule is CC(C)N(c1cccc2cc(-c3ncc(CN4CCCCC4COC(=O)C(F)(F)F)s3)[nH]c12)S(=O)(=O)c1cccs1. The Morgan fingerprint density at radius 3 is 2.76 bits per heavy atom. The highest BCUT2D eigenvalue weighted by atomic mass is 32.2. The van der Waals surface area contributed by atoms with Gasteiger partial charge in [-0.05, 0) is 56.8 Å². The third-order valence-corrected chi connectivity index (χ3v) is 11.3. The van der Waals surface area contributed by atoms with Gasteiger partial charge in [-0.25, -0.2) is 18.2 Å². The molecule has 41 heavy (non-hydrogen) atoms. The molecule has 1 aliphatic rings. The van der Waals surface area contributed by atoms with Crippen molar-refractivity contribution in [2.24, 2.45) is 0 Å². The van der Waals surface area contributed by atoms with Crippen molar-refractivity contribution < 1.29 is 31.1 Å². The van der Waals surface area contributed by atoms with E-state index in [0.717, 1.165) is 28.8 Å². The fraction of sp³-hybridized carbons (Fsp3) is 0.407.